The molecular weight excluding hydrogens is 428 g/mol. The van der Waals surface area contributed by atoms with Crippen LogP contribution in [-0.2, 0) is 14.8 Å². The van der Waals surface area contributed by atoms with Crippen LogP contribution in [0.5, 0.6) is 17.2 Å². The van der Waals surface area contributed by atoms with Crippen molar-refractivity contribution in [2.75, 3.05) is 22.5 Å². The van der Waals surface area contributed by atoms with Crippen molar-refractivity contribution in [1.29, 1.82) is 0 Å². The third-order valence-electron chi connectivity index (χ3n) is 4.57. The van der Waals surface area contributed by atoms with Crippen LogP contribution >= 0.6 is 0 Å². The van der Waals surface area contributed by atoms with Gasteiger partial charge in [-0.1, -0.05) is 24.3 Å². The van der Waals surface area contributed by atoms with Crippen molar-refractivity contribution in [3.63, 3.8) is 0 Å². The minimum absolute atomic E-state index is 0.360. The van der Waals surface area contributed by atoms with Crippen LogP contribution in [0, 0.1) is 0 Å². The van der Waals surface area contributed by atoms with Crippen LogP contribution in [-0.4, -0.2) is 33.2 Å². The summed E-state index contributed by atoms with van der Waals surface area (Å²) in [5.74, 6) is 1.38. The van der Waals surface area contributed by atoms with Gasteiger partial charge in [-0.2, -0.15) is 0 Å². The molecule has 168 valence electrons. The van der Waals surface area contributed by atoms with Crippen molar-refractivity contribution < 1.29 is 22.7 Å². The fourth-order valence-corrected chi connectivity index (χ4v) is 4.35. The number of sulfonamides is 1. The quantitative estimate of drug-likeness (QED) is 0.508. The standard InChI is InChI=1S/C24H26N2O5S/c1-4-30-23-12-8-9-19(17-23)25-24(27)18(2)26(32(3,28)29)20-13-15-22(16-14-20)31-21-10-6-5-7-11-21/h5-18H,4H2,1-3H3,(H,25,27)/t18-/m1/s1. The molecule has 0 saturated heterocycles. The van der Waals surface area contributed by atoms with Gasteiger partial charge in [0.05, 0.1) is 18.6 Å². The van der Waals surface area contributed by atoms with Gasteiger partial charge >= 0.3 is 0 Å². The first-order valence-corrected chi connectivity index (χ1v) is 12.0. The molecule has 0 aliphatic carbocycles. The molecule has 0 aliphatic heterocycles. The minimum atomic E-state index is -3.74. The number of nitrogens with one attached hydrogen (secondary N) is 1. The van der Waals surface area contributed by atoms with Crippen LogP contribution < -0.4 is 19.1 Å². The second-order valence-corrected chi connectivity index (χ2v) is 8.95. The molecular formula is C24H26N2O5S. The van der Waals surface area contributed by atoms with E-state index in [2.05, 4.69) is 5.32 Å². The maximum atomic E-state index is 12.9. The van der Waals surface area contributed by atoms with Crippen LogP contribution in [0.4, 0.5) is 11.4 Å². The number of ether oxygens (including phenoxy) is 2. The molecule has 3 aromatic carbocycles. The van der Waals surface area contributed by atoms with E-state index >= 15 is 0 Å². The van der Waals surface area contributed by atoms with Crippen molar-refractivity contribution in [3.05, 3.63) is 78.9 Å². The summed E-state index contributed by atoms with van der Waals surface area (Å²) in [6, 6.07) is 21.8. The predicted octanol–water partition coefficient (Wildman–Crippen LogP) is 4.67. The maximum absolute atomic E-state index is 12.9. The van der Waals surface area contributed by atoms with E-state index in [4.69, 9.17) is 9.47 Å². The Kier molecular flexibility index (Phi) is 7.37. The van der Waals surface area contributed by atoms with Crippen LogP contribution in [0.3, 0.4) is 0 Å². The average molecular weight is 455 g/mol. The molecule has 0 saturated carbocycles. The monoisotopic (exact) mass is 454 g/mol. The van der Waals surface area contributed by atoms with Gasteiger partial charge in [0.1, 0.15) is 23.3 Å². The summed E-state index contributed by atoms with van der Waals surface area (Å²) in [5.41, 5.74) is 0.881. The van der Waals surface area contributed by atoms with Crippen molar-refractivity contribution >= 4 is 27.3 Å². The van der Waals surface area contributed by atoms with Gasteiger partial charge in [-0.05, 0) is 62.4 Å². The molecule has 0 spiro atoms. The number of nitrogens with zero attached hydrogens (tertiary/aromatic N) is 1. The molecule has 7 nitrogen and oxygen atoms in total. The highest BCUT2D eigenvalue weighted by Crippen LogP contribution is 2.27. The smallest absolute Gasteiger partial charge is 0.247 e. The van der Waals surface area contributed by atoms with Crippen molar-refractivity contribution in [2.45, 2.75) is 19.9 Å². The number of carbonyl (C=O) groups excluding carboxylic acids is 1. The Labute approximate surface area is 188 Å². The van der Waals surface area contributed by atoms with Gasteiger partial charge < -0.3 is 14.8 Å². The summed E-state index contributed by atoms with van der Waals surface area (Å²) in [6.45, 7) is 3.91. The molecule has 0 unspecified atom stereocenters. The summed E-state index contributed by atoms with van der Waals surface area (Å²) in [4.78, 5) is 12.9. The largest absolute Gasteiger partial charge is 0.494 e. The molecule has 1 amide bonds. The second kappa shape index (κ2) is 10.2. The summed E-state index contributed by atoms with van der Waals surface area (Å²) >= 11 is 0. The maximum Gasteiger partial charge on any atom is 0.247 e. The Morgan fingerprint density at radius 1 is 0.938 bits per heavy atom. The van der Waals surface area contributed by atoms with E-state index in [0.29, 0.717) is 35.2 Å². The number of benzene rings is 3. The lowest BCUT2D eigenvalue weighted by Gasteiger charge is -2.28. The van der Waals surface area contributed by atoms with E-state index < -0.39 is 22.0 Å². The fourth-order valence-electron chi connectivity index (χ4n) is 3.17. The van der Waals surface area contributed by atoms with Crippen molar-refractivity contribution in [3.8, 4) is 17.2 Å². The van der Waals surface area contributed by atoms with Crippen molar-refractivity contribution in [2.24, 2.45) is 0 Å². The first-order chi connectivity index (χ1) is 15.3. The van der Waals surface area contributed by atoms with E-state index in [1.807, 2.05) is 37.3 Å². The number of hydrogen-bond donors (Lipinski definition) is 1. The molecule has 0 fully saturated rings. The number of carbonyl (C=O) groups is 1. The topological polar surface area (TPSA) is 84.9 Å². The number of hydrogen-bond acceptors (Lipinski definition) is 5. The highest BCUT2D eigenvalue weighted by molar-refractivity contribution is 7.92. The van der Waals surface area contributed by atoms with Crippen LogP contribution in [0.1, 0.15) is 13.8 Å². The zero-order valence-electron chi connectivity index (χ0n) is 18.2. The molecule has 3 aromatic rings. The van der Waals surface area contributed by atoms with Gasteiger partial charge in [-0.3, -0.25) is 9.10 Å². The number of para-hydroxylation sites is 1. The van der Waals surface area contributed by atoms with Gasteiger partial charge in [0.15, 0.2) is 0 Å². The molecule has 1 atom stereocenters. The highest BCUT2D eigenvalue weighted by Gasteiger charge is 2.29. The zero-order valence-corrected chi connectivity index (χ0v) is 19.0. The van der Waals surface area contributed by atoms with E-state index in [9.17, 15) is 13.2 Å². The third-order valence-corrected chi connectivity index (χ3v) is 5.81. The summed E-state index contributed by atoms with van der Waals surface area (Å²) in [6.07, 6.45) is 1.07. The molecule has 0 bridgehead atoms. The summed E-state index contributed by atoms with van der Waals surface area (Å²) in [5, 5.41) is 2.76. The molecule has 0 aliphatic rings. The SMILES string of the molecule is CCOc1cccc(NC(=O)[C@@H](C)N(c2ccc(Oc3ccccc3)cc2)S(C)(=O)=O)c1. The molecule has 3 rings (SSSR count). The molecule has 8 heteroatoms. The van der Waals surface area contributed by atoms with Gasteiger partial charge in [0.2, 0.25) is 15.9 Å². The first kappa shape index (κ1) is 23.1. The second-order valence-electron chi connectivity index (χ2n) is 7.09. The molecule has 1 N–H and O–H groups in total. The van der Waals surface area contributed by atoms with Crippen molar-refractivity contribution in [1.82, 2.24) is 0 Å². The minimum Gasteiger partial charge on any atom is -0.494 e. The van der Waals surface area contributed by atoms with Gasteiger partial charge in [0, 0.05) is 11.8 Å². The Bertz CT molecular complexity index is 1150. The van der Waals surface area contributed by atoms with E-state index in [1.165, 1.54) is 6.92 Å². The number of rotatable bonds is 9. The Morgan fingerprint density at radius 2 is 1.56 bits per heavy atom. The van der Waals surface area contributed by atoms with Crippen LogP contribution in [0.2, 0.25) is 0 Å². The summed E-state index contributed by atoms with van der Waals surface area (Å²) < 4.78 is 37.4. The average Bonchev–Trinajstić information content (AvgIpc) is 2.75. The lowest BCUT2D eigenvalue weighted by molar-refractivity contribution is -0.116. The predicted molar refractivity (Wildman–Crippen MR) is 126 cm³/mol. The molecule has 0 heterocycles. The van der Waals surface area contributed by atoms with Crippen LogP contribution in [0.25, 0.3) is 0 Å². The van der Waals surface area contributed by atoms with Crippen LogP contribution in [0.15, 0.2) is 78.9 Å². The molecule has 0 aromatic heterocycles. The molecule has 32 heavy (non-hydrogen) atoms. The van der Waals surface area contributed by atoms with Gasteiger partial charge in [-0.25, -0.2) is 8.42 Å². The lowest BCUT2D eigenvalue weighted by atomic mass is 10.2. The normalized spacial score (nSPS) is 12.0. The zero-order chi connectivity index (χ0) is 23.1. The number of anilines is 2. The molecule has 0 radical (unpaired) electrons. The van der Waals surface area contributed by atoms with E-state index in [1.54, 1.807) is 48.5 Å². The first-order valence-electron chi connectivity index (χ1n) is 10.1. The van der Waals surface area contributed by atoms with E-state index in [-0.39, 0.29) is 0 Å². The Morgan fingerprint density at radius 3 is 2.19 bits per heavy atom. The Balaban J connectivity index is 1.78. The fraction of sp³-hybridized carbons (Fsp3) is 0.208. The lowest BCUT2D eigenvalue weighted by Crippen LogP contribution is -2.45. The van der Waals surface area contributed by atoms with Gasteiger partial charge in [0.25, 0.3) is 0 Å². The third kappa shape index (κ3) is 6.01. The number of amides is 1. The highest BCUT2D eigenvalue weighted by atomic mass is 32.2. The van der Waals surface area contributed by atoms with E-state index in [0.717, 1.165) is 10.6 Å². The Hall–Kier alpha value is -3.52. The van der Waals surface area contributed by atoms with Gasteiger partial charge in [-0.15, -0.1) is 0 Å². The summed E-state index contributed by atoms with van der Waals surface area (Å²) in [7, 11) is -3.74.